The summed E-state index contributed by atoms with van der Waals surface area (Å²) in [6, 6.07) is 23.8. The highest BCUT2D eigenvalue weighted by atomic mass is 35.5. The van der Waals surface area contributed by atoms with Crippen molar-refractivity contribution in [2.75, 3.05) is 0 Å². The molecule has 1 heterocycles. The molecular weight excluding hydrogens is 449 g/mol. The van der Waals surface area contributed by atoms with Crippen molar-refractivity contribution in [2.45, 2.75) is 38.0 Å². The minimum atomic E-state index is -0.950. The van der Waals surface area contributed by atoms with Crippen LogP contribution in [0.15, 0.2) is 72.8 Å². The maximum absolute atomic E-state index is 12.2. The third kappa shape index (κ3) is 4.51. The van der Waals surface area contributed by atoms with E-state index >= 15 is 0 Å². The van der Waals surface area contributed by atoms with Crippen molar-refractivity contribution in [1.29, 1.82) is 0 Å². The zero-order valence-corrected chi connectivity index (χ0v) is 19.9. The van der Waals surface area contributed by atoms with Crippen molar-refractivity contribution in [3.63, 3.8) is 0 Å². The molecule has 5 heteroatoms. The third-order valence-electron chi connectivity index (χ3n) is 7.01. The van der Waals surface area contributed by atoms with Crippen molar-refractivity contribution in [1.82, 2.24) is 0 Å². The summed E-state index contributed by atoms with van der Waals surface area (Å²) < 4.78 is 0. The zero-order chi connectivity index (χ0) is 22.2. The lowest BCUT2D eigenvalue weighted by Gasteiger charge is -2.49. The van der Waals surface area contributed by atoms with Crippen LogP contribution in [0.1, 0.15) is 42.6 Å². The molecule has 0 amide bonds. The molecule has 0 saturated carbocycles. The predicted octanol–water partition coefficient (Wildman–Crippen LogP) is 6.25. The van der Waals surface area contributed by atoms with Gasteiger partial charge in [-0.25, -0.2) is 0 Å². The van der Waals surface area contributed by atoms with Crippen molar-refractivity contribution >= 4 is 34.8 Å². The third-order valence-corrected chi connectivity index (χ3v) is 7.88. The molecule has 162 valence electrons. The first-order valence-electron chi connectivity index (χ1n) is 10.6. The van der Waals surface area contributed by atoms with E-state index in [2.05, 4.69) is 43.4 Å². The number of halogens is 3. The van der Waals surface area contributed by atoms with Crippen LogP contribution in [0.3, 0.4) is 0 Å². The van der Waals surface area contributed by atoms with Crippen LogP contribution in [0.2, 0.25) is 15.1 Å². The Hall–Kier alpha value is -1.55. The molecule has 1 saturated heterocycles. The van der Waals surface area contributed by atoms with Gasteiger partial charge in [-0.1, -0.05) is 91.1 Å². The summed E-state index contributed by atoms with van der Waals surface area (Å²) in [5, 5.41) is 16.7. The largest absolute Gasteiger partial charge is 0.388 e. The van der Waals surface area contributed by atoms with E-state index < -0.39 is 5.60 Å². The van der Waals surface area contributed by atoms with Crippen LogP contribution in [0.4, 0.5) is 0 Å². The molecule has 3 N–H and O–H groups in total. The molecular formula is C26H27Cl3NO+. The van der Waals surface area contributed by atoms with Crippen molar-refractivity contribution in [3.8, 4) is 0 Å². The molecule has 4 atom stereocenters. The first kappa shape index (κ1) is 22.6. The number of rotatable bonds is 4. The summed E-state index contributed by atoms with van der Waals surface area (Å²) in [6.07, 6.45) is 0.497. The van der Waals surface area contributed by atoms with Gasteiger partial charge in [-0.3, -0.25) is 0 Å². The van der Waals surface area contributed by atoms with Crippen molar-refractivity contribution in [2.24, 2.45) is 11.8 Å². The van der Waals surface area contributed by atoms with E-state index in [9.17, 15) is 5.11 Å². The molecule has 4 rings (SSSR count). The molecule has 1 aliphatic heterocycles. The summed E-state index contributed by atoms with van der Waals surface area (Å²) in [5.41, 5.74) is 2.33. The van der Waals surface area contributed by atoms with Gasteiger partial charge in [0.1, 0.15) is 12.1 Å². The molecule has 3 aromatic carbocycles. The van der Waals surface area contributed by atoms with E-state index in [0.29, 0.717) is 21.5 Å². The lowest BCUT2D eigenvalue weighted by molar-refractivity contribution is -0.764. The fraction of sp³-hybridized carbons (Fsp3) is 0.308. The Labute approximate surface area is 199 Å². The topological polar surface area (TPSA) is 36.8 Å². The number of piperidine rings is 1. The summed E-state index contributed by atoms with van der Waals surface area (Å²) in [4.78, 5) is 0. The Balaban J connectivity index is 1.78. The predicted molar refractivity (Wildman–Crippen MR) is 129 cm³/mol. The van der Waals surface area contributed by atoms with Crippen molar-refractivity contribution in [3.05, 3.63) is 105 Å². The summed E-state index contributed by atoms with van der Waals surface area (Å²) in [6.45, 7) is 4.28. The van der Waals surface area contributed by atoms with Crippen LogP contribution >= 0.6 is 34.8 Å². The first-order valence-corrected chi connectivity index (χ1v) is 11.7. The second-order valence-electron chi connectivity index (χ2n) is 8.68. The van der Waals surface area contributed by atoms with Crippen LogP contribution in [0, 0.1) is 11.8 Å². The lowest BCUT2D eigenvalue weighted by atomic mass is 9.64. The van der Waals surface area contributed by atoms with Crippen LogP contribution in [0.25, 0.3) is 0 Å². The van der Waals surface area contributed by atoms with Gasteiger partial charge in [-0.2, -0.15) is 0 Å². The van der Waals surface area contributed by atoms with Gasteiger partial charge >= 0.3 is 0 Å². The highest BCUT2D eigenvalue weighted by molar-refractivity contribution is 6.31. The standard InChI is InChI=1S/C26H26Cl3NO/c1-16-24(18-7-11-21(27)12-8-18)30-25(19-9-13-22(28)14-10-19)17(2)26(16,31)15-20-5-3-4-6-23(20)29/h3-14,16-17,24-25,30-31H,15H2,1-2H3/p+1. The fourth-order valence-corrected chi connectivity index (χ4v) is 5.49. The van der Waals surface area contributed by atoms with Gasteiger partial charge in [0.2, 0.25) is 0 Å². The van der Waals surface area contributed by atoms with Gasteiger partial charge in [0.15, 0.2) is 0 Å². The van der Waals surface area contributed by atoms with Gasteiger partial charge in [0, 0.05) is 44.5 Å². The summed E-state index contributed by atoms with van der Waals surface area (Å²) in [5.74, 6) is -0.0213. The smallest absolute Gasteiger partial charge is 0.117 e. The Bertz CT molecular complexity index is 978. The Kier molecular flexibility index (Phi) is 6.67. The normalized spacial score (nSPS) is 28.5. The van der Waals surface area contributed by atoms with Gasteiger partial charge in [-0.15, -0.1) is 0 Å². The van der Waals surface area contributed by atoms with Crippen LogP contribution < -0.4 is 5.32 Å². The maximum Gasteiger partial charge on any atom is 0.117 e. The van der Waals surface area contributed by atoms with E-state index in [4.69, 9.17) is 34.8 Å². The molecule has 1 fully saturated rings. The molecule has 0 aliphatic carbocycles. The Morgan fingerprint density at radius 2 is 1.19 bits per heavy atom. The van der Waals surface area contributed by atoms with Gasteiger partial charge < -0.3 is 10.4 Å². The quantitative estimate of drug-likeness (QED) is 0.459. The maximum atomic E-state index is 12.2. The SMILES string of the molecule is CC1C(c2ccc(Cl)cc2)[NH2+]C(c2ccc(Cl)cc2)C(C)C1(O)Cc1ccccc1Cl. The molecule has 0 radical (unpaired) electrons. The van der Waals surface area contributed by atoms with Gasteiger partial charge in [0.25, 0.3) is 0 Å². The molecule has 3 aromatic rings. The molecule has 31 heavy (non-hydrogen) atoms. The van der Waals surface area contributed by atoms with Gasteiger partial charge in [-0.05, 0) is 35.9 Å². The number of nitrogens with two attached hydrogens (primary N) is 1. The molecule has 1 aliphatic rings. The lowest BCUT2D eigenvalue weighted by Crippen LogP contribution is -2.93. The fourth-order valence-electron chi connectivity index (χ4n) is 5.03. The van der Waals surface area contributed by atoms with Gasteiger partial charge in [0.05, 0.1) is 5.60 Å². The highest BCUT2D eigenvalue weighted by Crippen LogP contribution is 2.45. The molecule has 2 nitrogen and oxygen atoms in total. The van der Waals surface area contributed by atoms with Crippen LogP contribution in [0.5, 0.6) is 0 Å². The summed E-state index contributed by atoms with van der Waals surface area (Å²) >= 11 is 18.8. The number of benzene rings is 3. The molecule has 0 bridgehead atoms. The first-order chi connectivity index (χ1) is 14.8. The molecule has 4 unspecified atom stereocenters. The number of hydrogen-bond acceptors (Lipinski definition) is 1. The van der Waals surface area contributed by atoms with E-state index in [1.165, 1.54) is 0 Å². The van der Waals surface area contributed by atoms with Crippen LogP contribution in [-0.4, -0.2) is 10.7 Å². The number of quaternary nitrogens is 1. The average molecular weight is 476 g/mol. The van der Waals surface area contributed by atoms with Crippen LogP contribution in [-0.2, 0) is 6.42 Å². The average Bonchev–Trinajstić information content (AvgIpc) is 2.76. The Morgan fingerprint density at radius 1 is 0.742 bits per heavy atom. The monoisotopic (exact) mass is 474 g/mol. The number of aliphatic hydroxyl groups is 1. The highest BCUT2D eigenvalue weighted by Gasteiger charge is 2.54. The van der Waals surface area contributed by atoms with Crippen molar-refractivity contribution < 1.29 is 10.4 Å². The van der Waals surface area contributed by atoms with E-state index in [0.717, 1.165) is 16.7 Å². The minimum absolute atomic E-state index is 0.0106. The minimum Gasteiger partial charge on any atom is -0.388 e. The molecule has 0 spiro atoms. The van der Waals surface area contributed by atoms with E-state index in [1.54, 1.807) is 0 Å². The van der Waals surface area contributed by atoms with E-state index in [1.807, 2.05) is 48.5 Å². The second-order valence-corrected chi connectivity index (χ2v) is 9.96. The van der Waals surface area contributed by atoms with E-state index in [-0.39, 0.29) is 23.9 Å². The number of hydrogen-bond donors (Lipinski definition) is 2. The second kappa shape index (κ2) is 9.13. The zero-order valence-electron chi connectivity index (χ0n) is 17.6. The molecule has 0 aromatic heterocycles. The Morgan fingerprint density at radius 3 is 1.65 bits per heavy atom. The summed E-state index contributed by atoms with van der Waals surface area (Å²) in [7, 11) is 0.